The standard InChI is InChI=1S/C28H38N6O/c1-4-25-31-26-20(2)13-14-29-27(26)34(25)19-21-5-9-23(10-6-21)30-24-11-7-22(8-12-24)28(35)33-17-15-32(3)16-18-33/h5-6,9-10,13-14,22,24,30H,4,7-8,11-12,15-19H2,1-3H3. The molecule has 7 nitrogen and oxygen atoms in total. The van der Waals surface area contributed by atoms with Gasteiger partial charge in [0.25, 0.3) is 0 Å². The van der Waals surface area contributed by atoms with Crippen molar-refractivity contribution in [3.8, 4) is 0 Å². The lowest BCUT2D eigenvalue weighted by molar-refractivity contribution is -0.138. The fraction of sp³-hybridized carbons (Fsp3) is 0.536. The molecule has 0 bridgehead atoms. The third-order valence-electron chi connectivity index (χ3n) is 7.79. The summed E-state index contributed by atoms with van der Waals surface area (Å²) in [6.45, 7) is 8.76. The summed E-state index contributed by atoms with van der Waals surface area (Å²) in [5.74, 6) is 1.66. The number of anilines is 1. The molecular weight excluding hydrogens is 436 g/mol. The van der Waals surface area contributed by atoms with E-state index in [1.807, 2.05) is 12.3 Å². The van der Waals surface area contributed by atoms with E-state index in [2.05, 4.69) is 69.8 Å². The summed E-state index contributed by atoms with van der Waals surface area (Å²) in [5.41, 5.74) is 5.54. The highest BCUT2D eigenvalue weighted by atomic mass is 16.2. The molecule has 5 rings (SSSR count). The zero-order valence-corrected chi connectivity index (χ0v) is 21.3. The number of rotatable bonds is 6. The van der Waals surface area contributed by atoms with E-state index in [0.717, 1.165) is 87.5 Å². The van der Waals surface area contributed by atoms with Crippen molar-refractivity contribution in [2.24, 2.45) is 5.92 Å². The van der Waals surface area contributed by atoms with Gasteiger partial charge in [-0.15, -0.1) is 0 Å². The van der Waals surface area contributed by atoms with E-state index in [1.54, 1.807) is 0 Å². The van der Waals surface area contributed by atoms with Crippen molar-refractivity contribution < 1.29 is 4.79 Å². The van der Waals surface area contributed by atoms with Crippen LogP contribution in [0.4, 0.5) is 5.69 Å². The lowest BCUT2D eigenvalue weighted by atomic mass is 9.85. The van der Waals surface area contributed by atoms with Gasteiger partial charge in [0.1, 0.15) is 11.3 Å². The Morgan fingerprint density at radius 3 is 2.43 bits per heavy atom. The molecule has 2 aromatic heterocycles. The fourth-order valence-corrected chi connectivity index (χ4v) is 5.51. The van der Waals surface area contributed by atoms with Gasteiger partial charge >= 0.3 is 0 Å². The second-order valence-electron chi connectivity index (χ2n) is 10.3. The number of carbonyl (C=O) groups excluding carboxylic acids is 1. The van der Waals surface area contributed by atoms with Crippen molar-refractivity contribution in [3.05, 3.63) is 53.5 Å². The average Bonchev–Trinajstić information content (AvgIpc) is 3.24. The molecule has 1 aliphatic carbocycles. The van der Waals surface area contributed by atoms with Crippen molar-refractivity contribution in [1.82, 2.24) is 24.3 Å². The Balaban J connectivity index is 1.16. The number of fused-ring (bicyclic) bond motifs is 1. The molecule has 35 heavy (non-hydrogen) atoms. The van der Waals surface area contributed by atoms with E-state index in [4.69, 9.17) is 4.98 Å². The summed E-state index contributed by atoms with van der Waals surface area (Å²) in [6, 6.07) is 11.2. The predicted molar refractivity (Wildman–Crippen MR) is 141 cm³/mol. The van der Waals surface area contributed by atoms with Gasteiger partial charge < -0.3 is 19.7 Å². The van der Waals surface area contributed by atoms with Crippen LogP contribution in [0.5, 0.6) is 0 Å². The maximum Gasteiger partial charge on any atom is 0.225 e. The minimum Gasteiger partial charge on any atom is -0.382 e. The van der Waals surface area contributed by atoms with Crippen LogP contribution in [0, 0.1) is 12.8 Å². The topological polar surface area (TPSA) is 66.3 Å². The number of amides is 1. The highest BCUT2D eigenvalue weighted by Gasteiger charge is 2.30. The van der Waals surface area contributed by atoms with Gasteiger partial charge in [-0.2, -0.15) is 0 Å². The summed E-state index contributed by atoms with van der Waals surface area (Å²) < 4.78 is 2.24. The first-order valence-corrected chi connectivity index (χ1v) is 13.2. The maximum absolute atomic E-state index is 12.9. The highest BCUT2D eigenvalue weighted by Crippen LogP contribution is 2.29. The molecule has 1 aromatic carbocycles. The van der Waals surface area contributed by atoms with Crippen LogP contribution in [-0.4, -0.2) is 69.5 Å². The van der Waals surface area contributed by atoms with Crippen molar-refractivity contribution in [3.63, 3.8) is 0 Å². The number of benzene rings is 1. The van der Waals surface area contributed by atoms with Crippen LogP contribution >= 0.6 is 0 Å². The molecule has 1 saturated carbocycles. The van der Waals surface area contributed by atoms with Gasteiger partial charge in [0.2, 0.25) is 5.91 Å². The maximum atomic E-state index is 12.9. The number of nitrogens with one attached hydrogen (secondary N) is 1. The Hall–Kier alpha value is -2.93. The molecule has 186 valence electrons. The smallest absolute Gasteiger partial charge is 0.225 e. The number of piperazine rings is 1. The number of hydrogen-bond acceptors (Lipinski definition) is 5. The van der Waals surface area contributed by atoms with Gasteiger partial charge in [-0.3, -0.25) is 4.79 Å². The van der Waals surface area contributed by atoms with Crippen LogP contribution in [-0.2, 0) is 17.8 Å². The molecule has 0 unspecified atom stereocenters. The van der Waals surface area contributed by atoms with Crippen LogP contribution in [0.2, 0.25) is 0 Å². The van der Waals surface area contributed by atoms with E-state index < -0.39 is 0 Å². The van der Waals surface area contributed by atoms with Gasteiger partial charge in [0.15, 0.2) is 5.65 Å². The zero-order valence-electron chi connectivity index (χ0n) is 21.3. The van der Waals surface area contributed by atoms with Gasteiger partial charge in [-0.1, -0.05) is 19.1 Å². The lowest BCUT2D eigenvalue weighted by Crippen LogP contribution is -2.49. The number of pyridine rings is 1. The SMILES string of the molecule is CCc1nc2c(C)ccnc2n1Cc1ccc(NC2CCC(C(=O)N3CCN(C)CC3)CC2)cc1. The molecule has 2 fully saturated rings. The number of hydrogen-bond donors (Lipinski definition) is 1. The Morgan fingerprint density at radius 1 is 1.03 bits per heavy atom. The second-order valence-corrected chi connectivity index (χ2v) is 10.3. The minimum absolute atomic E-state index is 0.203. The summed E-state index contributed by atoms with van der Waals surface area (Å²) in [4.78, 5) is 26.7. The highest BCUT2D eigenvalue weighted by molar-refractivity contribution is 5.79. The Labute approximate surface area is 208 Å². The molecule has 0 radical (unpaired) electrons. The molecule has 3 heterocycles. The molecule has 0 atom stereocenters. The number of likely N-dealkylation sites (N-methyl/N-ethyl adjacent to an activating group) is 1. The van der Waals surface area contributed by atoms with Crippen molar-refractivity contribution >= 4 is 22.8 Å². The van der Waals surface area contributed by atoms with E-state index in [0.29, 0.717) is 11.9 Å². The number of nitrogens with zero attached hydrogens (tertiary/aromatic N) is 5. The van der Waals surface area contributed by atoms with E-state index >= 15 is 0 Å². The normalized spacial score (nSPS) is 21.4. The summed E-state index contributed by atoms with van der Waals surface area (Å²) in [5, 5.41) is 3.71. The monoisotopic (exact) mass is 474 g/mol. The quantitative estimate of drug-likeness (QED) is 0.583. The second kappa shape index (κ2) is 10.4. The largest absolute Gasteiger partial charge is 0.382 e. The Kier molecular flexibility index (Phi) is 7.04. The fourth-order valence-electron chi connectivity index (χ4n) is 5.51. The minimum atomic E-state index is 0.203. The molecule has 0 spiro atoms. The number of imidazole rings is 1. The Bertz CT molecular complexity index is 1150. The van der Waals surface area contributed by atoms with Crippen molar-refractivity contribution in [1.29, 1.82) is 0 Å². The molecule has 1 N–H and O–H groups in total. The number of carbonyl (C=O) groups is 1. The summed E-state index contributed by atoms with van der Waals surface area (Å²) >= 11 is 0. The first kappa shape index (κ1) is 23.8. The predicted octanol–water partition coefficient (Wildman–Crippen LogP) is 4.10. The van der Waals surface area contributed by atoms with E-state index in [-0.39, 0.29) is 5.92 Å². The molecule has 1 amide bonds. The van der Waals surface area contributed by atoms with Gasteiger partial charge in [0, 0.05) is 56.4 Å². The average molecular weight is 475 g/mol. The number of aromatic nitrogens is 3. The van der Waals surface area contributed by atoms with Crippen LogP contribution in [0.25, 0.3) is 11.2 Å². The van der Waals surface area contributed by atoms with Gasteiger partial charge in [-0.05, 0) is 69.0 Å². The Morgan fingerprint density at radius 2 is 1.74 bits per heavy atom. The molecule has 7 heteroatoms. The van der Waals surface area contributed by atoms with Crippen LogP contribution < -0.4 is 5.32 Å². The van der Waals surface area contributed by atoms with Crippen LogP contribution in [0.1, 0.15) is 49.6 Å². The first-order valence-electron chi connectivity index (χ1n) is 13.2. The zero-order chi connectivity index (χ0) is 24.4. The van der Waals surface area contributed by atoms with E-state index in [1.165, 1.54) is 11.1 Å². The molecule has 2 aliphatic rings. The van der Waals surface area contributed by atoms with Gasteiger partial charge in [0.05, 0.1) is 6.54 Å². The molecule has 1 saturated heterocycles. The molecule has 1 aliphatic heterocycles. The van der Waals surface area contributed by atoms with Crippen molar-refractivity contribution in [2.45, 2.75) is 58.5 Å². The van der Waals surface area contributed by atoms with Gasteiger partial charge in [-0.25, -0.2) is 9.97 Å². The first-order chi connectivity index (χ1) is 17.0. The van der Waals surface area contributed by atoms with E-state index in [9.17, 15) is 4.79 Å². The van der Waals surface area contributed by atoms with Crippen LogP contribution in [0.15, 0.2) is 36.5 Å². The summed E-state index contributed by atoms with van der Waals surface area (Å²) in [6.07, 6.45) is 6.84. The lowest BCUT2D eigenvalue weighted by Gasteiger charge is -2.36. The summed E-state index contributed by atoms with van der Waals surface area (Å²) in [7, 11) is 2.13. The third kappa shape index (κ3) is 5.20. The number of aryl methyl sites for hydroxylation is 2. The molecular formula is C28H38N6O. The molecule has 3 aromatic rings. The third-order valence-corrected chi connectivity index (χ3v) is 7.79. The van der Waals surface area contributed by atoms with Crippen molar-refractivity contribution in [2.75, 3.05) is 38.5 Å². The van der Waals surface area contributed by atoms with Crippen LogP contribution in [0.3, 0.4) is 0 Å².